The molecule has 2 atom stereocenters. The Labute approximate surface area is 119 Å². The van der Waals surface area contributed by atoms with Crippen molar-refractivity contribution < 1.29 is 18.3 Å². The molecule has 0 bridgehead atoms. The Morgan fingerprint density at radius 1 is 1.35 bits per heavy atom. The molecule has 0 aliphatic carbocycles. The van der Waals surface area contributed by atoms with Gasteiger partial charge in [-0.1, -0.05) is 30.3 Å². The van der Waals surface area contributed by atoms with E-state index in [1.165, 1.54) is 4.31 Å². The second-order valence-electron chi connectivity index (χ2n) is 5.14. The van der Waals surface area contributed by atoms with E-state index < -0.39 is 28.0 Å². The zero-order valence-electron chi connectivity index (χ0n) is 11.4. The van der Waals surface area contributed by atoms with Crippen LogP contribution in [0.25, 0.3) is 0 Å². The van der Waals surface area contributed by atoms with E-state index in [2.05, 4.69) is 0 Å². The molecule has 6 heteroatoms. The molecule has 0 aromatic heterocycles. The number of rotatable bonds is 5. The van der Waals surface area contributed by atoms with E-state index in [4.69, 9.17) is 5.11 Å². The number of aryl methyl sites for hydroxylation is 1. The second-order valence-corrected chi connectivity index (χ2v) is 7.18. The average molecular weight is 297 g/mol. The summed E-state index contributed by atoms with van der Waals surface area (Å²) in [6, 6.07) is 8.96. The third kappa shape index (κ3) is 3.19. The maximum absolute atomic E-state index is 12.3. The van der Waals surface area contributed by atoms with Gasteiger partial charge in [0.05, 0.1) is 11.7 Å². The molecule has 0 radical (unpaired) electrons. The van der Waals surface area contributed by atoms with Crippen molar-refractivity contribution in [3.05, 3.63) is 35.9 Å². The van der Waals surface area contributed by atoms with Gasteiger partial charge in [0.2, 0.25) is 10.0 Å². The summed E-state index contributed by atoms with van der Waals surface area (Å²) >= 11 is 0. The third-order valence-electron chi connectivity index (χ3n) is 3.86. The summed E-state index contributed by atoms with van der Waals surface area (Å²) in [5, 5.41) is 9.05. The monoisotopic (exact) mass is 297 g/mol. The average Bonchev–Trinajstić information content (AvgIpc) is 2.80. The van der Waals surface area contributed by atoms with Gasteiger partial charge in [-0.2, -0.15) is 4.31 Å². The Kier molecular flexibility index (Phi) is 4.45. The van der Waals surface area contributed by atoms with E-state index in [1.807, 2.05) is 30.3 Å². The Morgan fingerprint density at radius 3 is 2.55 bits per heavy atom. The Morgan fingerprint density at radius 2 is 2.00 bits per heavy atom. The highest BCUT2D eigenvalue weighted by molar-refractivity contribution is 7.89. The zero-order chi connectivity index (χ0) is 14.8. The lowest BCUT2D eigenvalue weighted by atomic mass is 10.0. The lowest BCUT2D eigenvalue weighted by Gasteiger charge is -2.22. The molecule has 1 fully saturated rings. The predicted octanol–water partition coefficient (Wildman–Crippen LogP) is 1.35. The van der Waals surface area contributed by atoms with Crippen LogP contribution in [0, 0.1) is 5.92 Å². The van der Waals surface area contributed by atoms with Crippen LogP contribution in [0.5, 0.6) is 0 Å². The minimum atomic E-state index is -3.40. The van der Waals surface area contributed by atoms with E-state index in [9.17, 15) is 13.2 Å². The Bertz CT molecular complexity index is 570. The van der Waals surface area contributed by atoms with Crippen molar-refractivity contribution >= 4 is 16.0 Å². The van der Waals surface area contributed by atoms with E-state index in [0.29, 0.717) is 19.4 Å². The molecule has 1 aliphatic heterocycles. The molecule has 1 heterocycles. The standard InChI is InChI=1S/C14H19NO4S/c1-11-13(14(16)17)7-9-15(11)20(18,19)10-8-12-5-3-2-4-6-12/h2-6,11,13H,7-10H2,1H3,(H,16,17). The lowest BCUT2D eigenvalue weighted by Crippen LogP contribution is -2.39. The maximum atomic E-state index is 12.3. The summed E-state index contributed by atoms with van der Waals surface area (Å²) in [7, 11) is -3.40. The van der Waals surface area contributed by atoms with Crippen LogP contribution in [0.4, 0.5) is 0 Å². The molecule has 0 saturated carbocycles. The highest BCUT2D eigenvalue weighted by Crippen LogP contribution is 2.27. The summed E-state index contributed by atoms with van der Waals surface area (Å²) in [5.74, 6) is -1.49. The van der Waals surface area contributed by atoms with Gasteiger partial charge in [0.25, 0.3) is 0 Å². The van der Waals surface area contributed by atoms with Crippen LogP contribution in [-0.2, 0) is 21.2 Å². The fourth-order valence-corrected chi connectivity index (χ4v) is 4.41. The van der Waals surface area contributed by atoms with Crippen molar-refractivity contribution in [2.45, 2.75) is 25.8 Å². The van der Waals surface area contributed by atoms with Crippen molar-refractivity contribution in [2.75, 3.05) is 12.3 Å². The smallest absolute Gasteiger partial charge is 0.308 e. The summed E-state index contributed by atoms with van der Waals surface area (Å²) < 4.78 is 26.0. The van der Waals surface area contributed by atoms with Crippen LogP contribution in [-0.4, -0.2) is 42.1 Å². The summed E-state index contributed by atoms with van der Waals surface area (Å²) in [4.78, 5) is 11.0. The van der Waals surface area contributed by atoms with E-state index >= 15 is 0 Å². The van der Waals surface area contributed by atoms with E-state index in [1.54, 1.807) is 6.92 Å². The Hall–Kier alpha value is -1.40. The summed E-state index contributed by atoms with van der Waals surface area (Å²) in [6.45, 7) is 1.97. The fraction of sp³-hybridized carbons (Fsp3) is 0.500. The molecule has 5 nitrogen and oxygen atoms in total. The SMILES string of the molecule is CC1C(C(=O)O)CCN1S(=O)(=O)CCc1ccccc1. The van der Waals surface area contributed by atoms with E-state index in [-0.39, 0.29) is 5.75 Å². The molecule has 2 rings (SSSR count). The minimum absolute atomic E-state index is 0.0215. The first-order valence-electron chi connectivity index (χ1n) is 6.68. The first-order valence-corrected chi connectivity index (χ1v) is 8.29. The number of carbonyl (C=O) groups is 1. The van der Waals surface area contributed by atoms with Gasteiger partial charge < -0.3 is 5.11 Å². The molecule has 20 heavy (non-hydrogen) atoms. The number of benzene rings is 1. The Balaban J connectivity index is 2.02. The number of nitrogens with zero attached hydrogens (tertiary/aromatic N) is 1. The van der Waals surface area contributed by atoms with Gasteiger partial charge >= 0.3 is 5.97 Å². The number of hydrogen-bond acceptors (Lipinski definition) is 3. The van der Waals surface area contributed by atoms with Crippen molar-refractivity contribution in [2.24, 2.45) is 5.92 Å². The van der Waals surface area contributed by atoms with Crippen LogP contribution < -0.4 is 0 Å². The topological polar surface area (TPSA) is 74.7 Å². The van der Waals surface area contributed by atoms with Gasteiger partial charge in [0.1, 0.15) is 0 Å². The molecule has 1 aromatic carbocycles. The van der Waals surface area contributed by atoms with Gasteiger partial charge in [0.15, 0.2) is 0 Å². The zero-order valence-corrected chi connectivity index (χ0v) is 12.2. The molecule has 0 amide bonds. The number of carboxylic acid groups (broad SMARTS) is 1. The molecule has 0 spiro atoms. The van der Waals surface area contributed by atoms with Crippen molar-refractivity contribution in [3.8, 4) is 0 Å². The van der Waals surface area contributed by atoms with Gasteiger partial charge in [-0.3, -0.25) is 4.79 Å². The summed E-state index contributed by atoms with van der Waals surface area (Å²) in [6.07, 6.45) is 0.838. The summed E-state index contributed by atoms with van der Waals surface area (Å²) in [5.41, 5.74) is 0.970. The van der Waals surface area contributed by atoms with Crippen LogP contribution in [0.1, 0.15) is 18.9 Å². The molecular formula is C14H19NO4S. The van der Waals surface area contributed by atoms with Gasteiger partial charge in [-0.25, -0.2) is 8.42 Å². The van der Waals surface area contributed by atoms with Gasteiger partial charge in [-0.05, 0) is 25.3 Å². The van der Waals surface area contributed by atoms with Gasteiger partial charge in [-0.15, -0.1) is 0 Å². The normalized spacial score (nSPS) is 23.9. The molecule has 1 aromatic rings. The first-order chi connectivity index (χ1) is 9.42. The highest BCUT2D eigenvalue weighted by Gasteiger charge is 2.41. The number of sulfonamides is 1. The van der Waals surface area contributed by atoms with Crippen LogP contribution >= 0.6 is 0 Å². The molecule has 1 aliphatic rings. The maximum Gasteiger partial charge on any atom is 0.308 e. The van der Waals surface area contributed by atoms with Crippen LogP contribution in [0.2, 0.25) is 0 Å². The van der Waals surface area contributed by atoms with Gasteiger partial charge in [0, 0.05) is 12.6 Å². The molecule has 2 unspecified atom stereocenters. The molecule has 110 valence electrons. The quantitative estimate of drug-likeness (QED) is 0.890. The third-order valence-corrected chi connectivity index (χ3v) is 5.81. The molecular weight excluding hydrogens is 278 g/mol. The minimum Gasteiger partial charge on any atom is -0.481 e. The van der Waals surface area contributed by atoms with Crippen molar-refractivity contribution in [1.29, 1.82) is 0 Å². The second kappa shape index (κ2) is 5.93. The largest absolute Gasteiger partial charge is 0.481 e. The van der Waals surface area contributed by atoms with Crippen LogP contribution in [0.3, 0.4) is 0 Å². The fourth-order valence-electron chi connectivity index (χ4n) is 2.64. The highest BCUT2D eigenvalue weighted by atomic mass is 32.2. The lowest BCUT2D eigenvalue weighted by molar-refractivity contribution is -0.142. The van der Waals surface area contributed by atoms with Crippen molar-refractivity contribution in [3.63, 3.8) is 0 Å². The predicted molar refractivity (Wildman–Crippen MR) is 75.8 cm³/mol. The number of carboxylic acids is 1. The molecule has 1 saturated heterocycles. The van der Waals surface area contributed by atoms with E-state index in [0.717, 1.165) is 5.56 Å². The van der Waals surface area contributed by atoms with Crippen molar-refractivity contribution in [1.82, 2.24) is 4.31 Å². The number of hydrogen-bond donors (Lipinski definition) is 1. The van der Waals surface area contributed by atoms with Crippen LogP contribution in [0.15, 0.2) is 30.3 Å². The number of aliphatic carboxylic acids is 1. The first kappa shape index (κ1) is 15.0. The molecule has 1 N–H and O–H groups in total.